The number of ether oxygens (including phenoxy) is 1. The molecule has 1 rings (SSSR count). The largest absolute Gasteiger partial charge is 0.496 e. The molecule has 1 heterocycles. The Morgan fingerprint density at radius 1 is 1.36 bits per heavy atom. The minimum Gasteiger partial charge on any atom is -0.496 e. The van der Waals surface area contributed by atoms with Crippen molar-refractivity contribution >= 4 is 11.8 Å². The van der Waals surface area contributed by atoms with Gasteiger partial charge in [-0.1, -0.05) is 26.2 Å². The molecular formula is C11H17NOS. The van der Waals surface area contributed by atoms with Crippen molar-refractivity contribution in [1.82, 2.24) is 0 Å². The molecule has 78 valence electrons. The van der Waals surface area contributed by atoms with Gasteiger partial charge in [-0.05, 0) is 6.42 Å². The standard InChI is InChI=1S/C11H17NOS/c1-2-3-4-5-6-13-11-9-14-8-10(11)7-12/h2-6,8-9H2,1H3. The van der Waals surface area contributed by atoms with Crippen LogP contribution in [0, 0.1) is 11.3 Å². The normalized spacial score (nSPS) is 15.7. The zero-order chi connectivity index (χ0) is 10.2. The predicted molar refractivity (Wildman–Crippen MR) is 60.1 cm³/mol. The van der Waals surface area contributed by atoms with Gasteiger partial charge in [-0.3, -0.25) is 0 Å². The highest BCUT2D eigenvalue weighted by Gasteiger charge is 2.15. The van der Waals surface area contributed by atoms with Crippen LogP contribution in [-0.2, 0) is 4.74 Å². The molecule has 14 heavy (non-hydrogen) atoms. The highest BCUT2D eigenvalue weighted by molar-refractivity contribution is 7.99. The molecule has 2 nitrogen and oxygen atoms in total. The summed E-state index contributed by atoms with van der Waals surface area (Å²) in [7, 11) is 0. The summed E-state index contributed by atoms with van der Waals surface area (Å²) in [6.45, 7) is 2.98. The highest BCUT2D eigenvalue weighted by Crippen LogP contribution is 2.24. The Bertz CT molecular complexity index is 242. The molecule has 0 bridgehead atoms. The number of unbranched alkanes of at least 4 members (excludes halogenated alkanes) is 3. The average molecular weight is 211 g/mol. The summed E-state index contributed by atoms with van der Waals surface area (Å²) in [4.78, 5) is 0. The van der Waals surface area contributed by atoms with Crippen LogP contribution in [0.5, 0.6) is 0 Å². The zero-order valence-corrected chi connectivity index (χ0v) is 9.53. The molecule has 0 unspecified atom stereocenters. The van der Waals surface area contributed by atoms with E-state index in [1.807, 2.05) is 0 Å². The van der Waals surface area contributed by atoms with Crippen LogP contribution in [-0.4, -0.2) is 18.1 Å². The first-order chi connectivity index (χ1) is 6.88. The fraction of sp³-hybridized carbons (Fsp3) is 0.727. The molecule has 0 atom stereocenters. The lowest BCUT2D eigenvalue weighted by molar-refractivity contribution is 0.208. The van der Waals surface area contributed by atoms with Gasteiger partial charge in [0.15, 0.2) is 0 Å². The Hall–Kier alpha value is -0.620. The van der Waals surface area contributed by atoms with Gasteiger partial charge in [-0.25, -0.2) is 0 Å². The van der Waals surface area contributed by atoms with Gasteiger partial charge < -0.3 is 4.74 Å². The third-order valence-electron chi connectivity index (χ3n) is 2.23. The summed E-state index contributed by atoms with van der Waals surface area (Å²) in [5, 5.41) is 8.78. The van der Waals surface area contributed by atoms with Crippen molar-refractivity contribution in [3.8, 4) is 6.07 Å². The van der Waals surface area contributed by atoms with Crippen molar-refractivity contribution in [2.75, 3.05) is 18.1 Å². The van der Waals surface area contributed by atoms with Crippen LogP contribution < -0.4 is 0 Å². The summed E-state index contributed by atoms with van der Waals surface area (Å²) in [5.74, 6) is 2.64. The number of rotatable bonds is 6. The summed E-state index contributed by atoms with van der Waals surface area (Å²) in [6.07, 6.45) is 4.88. The Kier molecular flexibility index (Phi) is 5.55. The number of nitrogens with zero attached hydrogens (tertiary/aromatic N) is 1. The van der Waals surface area contributed by atoms with Gasteiger partial charge in [0.1, 0.15) is 5.76 Å². The monoisotopic (exact) mass is 211 g/mol. The van der Waals surface area contributed by atoms with E-state index in [1.165, 1.54) is 19.3 Å². The molecule has 1 aliphatic heterocycles. The third-order valence-corrected chi connectivity index (χ3v) is 3.18. The van der Waals surface area contributed by atoms with Crippen LogP contribution >= 0.6 is 11.8 Å². The van der Waals surface area contributed by atoms with E-state index in [0.717, 1.165) is 35.9 Å². The topological polar surface area (TPSA) is 33.0 Å². The molecule has 0 aromatic heterocycles. The number of nitriles is 1. The van der Waals surface area contributed by atoms with Crippen LogP contribution in [0.3, 0.4) is 0 Å². The maximum absolute atomic E-state index is 8.78. The Morgan fingerprint density at radius 2 is 2.21 bits per heavy atom. The van der Waals surface area contributed by atoms with Gasteiger partial charge in [0.2, 0.25) is 0 Å². The minimum atomic E-state index is 0.779. The first-order valence-corrected chi connectivity index (χ1v) is 6.36. The zero-order valence-electron chi connectivity index (χ0n) is 8.71. The molecule has 3 heteroatoms. The van der Waals surface area contributed by atoms with Crippen LogP contribution in [0.15, 0.2) is 11.3 Å². The number of thioether (sulfide) groups is 1. The summed E-state index contributed by atoms with van der Waals surface area (Å²) >= 11 is 1.76. The Morgan fingerprint density at radius 3 is 2.93 bits per heavy atom. The van der Waals surface area contributed by atoms with Gasteiger partial charge in [-0.2, -0.15) is 5.26 Å². The maximum atomic E-state index is 8.78. The quantitative estimate of drug-likeness (QED) is 0.633. The second kappa shape index (κ2) is 6.78. The second-order valence-electron chi connectivity index (χ2n) is 3.42. The van der Waals surface area contributed by atoms with Gasteiger partial charge in [-0.15, -0.1) is 11.8 Å². The van der Waals surface area contributed by atoms with Gasteiger partial charge >= 0.3 is 0 Å². The molecule has 0 fully saturated rings. The third kappa shape index (κ3) is 3.63. The molecule has 0 spiro atoms. The maximum Gasteiger partial charge on any atom is 0.120 e. The second-order valence-corrected chi connectivity index (χ2v) is 4.40. The van der Waals surface area contributed by atoms with E-state index in [1.54, 1.807) is 11.8 Å². The summed E-state index contributed by atoms with van der Waals surface area (Å²) < 4.78 is 5.59. The first kappa shape index (κ1) is 11.5. The molecule has 0 radical (unpaired) electrons. The number of hydrogen-bond acceptors (Lipinski definition) is 3. The van der Waals surface area contributed by atoms with Gasteiger partial charge in [0, 0.05) is 5.75 Å². The van der Waals surface area contributed by atoms with Crippen molar-refractivity contribution in [2.45, 2.75) is 32.6 Å². The fourth-order valence-electron chi connectivity index (χ4n) is 1.36. The lowest BCUT2D eigenvalue weighted by Crippen LogP contribution is -1.97. The molecule has 0 aromatic carbocycles. The Balaban J connectivity index is 2.15. The van der Waals surface area contributed by atoms with Crippen LogP contribution in [0.25, 0.3) is 0 Å². The van der Waals surface area contributed by atoms with Crippen molar-refractivity contribution in [1.29, 1.82) is 5.26 Å². The smallest absolute Gasteiger partial charge is 0.120 e. The molecular weight excluding hydrogens is 194 g/mol. The van der Waals surface area contributed by atoms with E-state index in [-0.39, 0.29) is 0 Å². The lowest BCUT2D eigenvalue weighted by Gasteiger charge is -2.06. The van der Waals surface area contributed by atoms with E-state index in [4.69, 9.17) is 10.00 Å². The highest BCUT2D eigenvalue weighted by atomic mass is 32.2. The van der Waals surface area contributed by atoms with E-state index in [2.05, 4.69) is 13.0 Å². The van der Waals surface area contributed by atoms with Crippen molar-refractivity contribution < 1.29 is 4.74 Å². The summed E-state index contributed by atoms with van der Waals surface area (Å²) in [6, 6.07) is 2.20. The van der Waals surface area contributed by atoms with Crippen LogP contribution in [0.1, 0.15) is 32.6 Å². The van der Waals surface area contributed by atoms with Crippen molar-refractivity contribution in [3.63, 3.8) is 0 Å². The lowest BCUT2D eigenvalue weighted by atomic mass is 10.2. The van der Waals surface area contributed by atoms with Crippen LogP contribution in [0.2, 0.25) is 0 Å². The minimum absolute atomic E-state index is 0.779. The van der Waals surface area contributed by atoms with Gasteiger partial charge in [0.05, 0.1) is 24.0 Å². The van der Waals surface area contributed by atoms with E-state index in [0.29, 0.717) is 0 Å². The first-order valence-electron chi connectivity index (χ1n) is 5.21. The molecule has 0 saturated carbocycles. The fourth-order valence-corrected chi connectivity index (χ4v) is 2.34. The predicted octanol–water partition coefficient (Wildman–Crippen LogP) is 3.11. The number of hydrogen-bond donors (Lipinski definition) is 0. The van der Waals surface area contributed by atoms with E-state index < -0.39 is 0 Å². The van der Waals surface area contributed by atoms with Crippen molar-refractivity contribution in [3.05, 3.63) is 11.3 Å². The van der Waals surface area contributed by atoms with Gasteiger partial charge in [0.25, 0.3) is 0 Å². The molecule has 0 N–H and O–H groups in total. The molecule has 0 amide bonds. The summed E-state index contributed by atoms with van der Waals surface area (Å²) in [5.41, 5.74) is 0.838. The molecule has 0 aliphatic carbocycles. The van der Waals surface area contributed by atoms with Crippen LogP contribution in [0.4, 0.5) is 0 Å². The Labute approximate surface area is 90.3 Å². The average Bonchev–Trinajstić information content (AvgIpc) is 2.65. The molecule has 0 saturated heterocycles. The molecule has 0 aromatic rings. The SMILES string of the molecule is CCCCCCOC1=C(C#N)CSC1. The van der Waals surface area contributed by atoms with E-state index >= 15 is 0 Å². The van der Waals surface area contributed by atoms with Crippen molar-refractivity contribution in [2.24, 2.45) is 0 Å². The molecule has 1 aliphatic rings. The van der Waals surface area contributed by atoms with E-state index in [9.17, 15) is 0 Å².